The summed E-state index contributed by atoms with van der Waals surface area (Å²) in [5.74, 6) is -0.360. The fraction of sp³-hybridized carbons (Fsp3) is 0.333. The maximum absolute atomic E-state index is 13.8. The first-order valence-electron chi connectivity index (χ1n) is 8.03. The monoisotopic (exact) mass is 329 g/mol. The van der Waals surface area contributed by atoms with Gasteiger partial charge in [0.25, 0.3) is 5.91 Å². The molecular formula is C18H20FN3O2. The van der Waals surface area contributed by atoms with E-state index in [0.29, 0.717) is 11.4 Å². The number of hydrogen-bond acceptors (Lipinski definition) is 4. The Kier molecular flexibility index (Phi) is 5.05. The van der Waals surface area contributed by atoms with Gasteiger partial charge in [-0.05, 0) is 56.6 Å². The van der Waals surface area contributed by atoms with Gasteiger partial charge < -0.3 is 15.4 Å². The summed E-state index contributed by atoms with van der Waals surface area (Å²) >= 11 is 0. The summed E-state index contributed by atoms with van der Waals surface area (Å²) in [6, 6.07) is 7.97. The molecule has 0 spiro atoms. The highest BCUT2D eigenvalue weighted by Gasteiger charge is 2.15. The van der Waals surface area contributed by atoms with Crippen molar-refractivity contribution in [2.75, 3.05) is 18.4 Å². The van der Waals surface area contributed by atoms with Crippen LogP contribution in [-0.2, 0) is 0 Å². The van der Waals surface area contributed by atoms with Crippen LogP contribution in [0.4, 0.5) is 10.1 Å². The Hall–Kier alpha value is -2.47. The number of piperidine rings is 1. The van der Waals surface area contributed by atoms with E-state index in [0.717, 1.165) is 31.5 Å². The number of carbonyl (C=O) groups excluding carboxylic acids is 1. The molecule has 0 aliphatic carbocycles. The number of amides is 1. The second-order valence-electron chi connectivity index (χ2n) is 5.89. The second kappa shape index (κ2) is 7.40. The van der Waals surface area contributed by atoms with E-state index in [1.165, 1.54) is 12.3 Å². The Labute approximate surface area is 140 Å². The molecule has 0 bridgehead atoms. The molecule has 1 aliphatic heterocycles. The maximum Gasteiger partial charge on any atom is 0.257 e. The van der Waals surface area contributed by atoms with Gasteiger partial charge in [-0.15, -0.1) is 0 Å². The first kappa shape index (κ1) is 16.4. The molecule has 6 heteroatoms. The SMILES string of the molecule is Cc1ccc(NC(=O)c2ccc(OC3CCNCC3)nc2)c(F)c1. The number of carbonyl (C=O) groups is 1. The Balaban J connectivity index is 1.62. The van der Waals surface area contributed by atoms with E-state index in [1.807, 2.05) is 0 Å². The third-order valence-corrected chi connectivity index (χ3v) is 3.94. The topological polar surface area (TPSA) is 63.2 Å². The fourth-order valence-corrected chi connectivity index (χ4v) is 2.58. The first-order valence-corrected chi connectivity index (χ1v) is 8.03. The summed E-state index contributed by atoms with van der Waals surface area (Å²) < 4.78 is 19.6. The zero-order valence-corrected chi connectivity index (χ0v) is 13.5. The lowest BCUT2D eigenvalue weighted by atomic mass is 10.1. The molecule has 0 saturated carbocycles. The van der Waals surface area contributed by atoms with Crippen LogP contribution in [0.15, 0.2) is 36.5 Å². The molecule has 1 fully saturated rings. The van der Waals surface area contributed by atoms with Crippen molar-refractivity contribution in [3.63, 3.8) is 0 Å². The van der Waals surface area contributed by atoms with Crippen LogP contribution in [0.3, 0.4) is 0 Å². The van der Waals surface area contributed by atoms with Gasteiger partial charge in [-0.2, -0.15) is 0 Å². The van der Waals surface area contributed by atoms with Gasteiger partial charge in [0, 0.05) is 12.3 Å². The van der Waals surface area contributed by atoms with Gasteiger partial charge in [0.1, 0.15) is 11.9 Å². The lowest BCUT2D eigenvalue weighted by molar-refractivity contribution is 0.102. The fourth-order valence-electron chi connectivity index (χ4n) is 2.58. The molecule has 1 aliphatic rings. The van der Waals surface area contributed by atoms with E-state index in [4.69, 9.17) is 4.74 Å². The van der Waals surface area contributed by atoms with Crippen molar-refractivity contribution >= 4 is 11.6 Å². The number of benzene rings is 1. The van der Waals surface area contributed by atoms with Crippen LogP contribution in [0.5, 0.6) is 5.88 Å². The molecule has 2 heterocycles. The summed E-state index contributed by atoms with van der Waals surface area (Å²) in [6.07, 6.45) is 3.48. The van der Waals surface area contributed by atoms with Gasteiger partial charge in [0.2, 0.25) is 5.88 Å². The molecule has 0 radical (unpaired) electrons. The zero-order chi connectivity index (χ0) is 16.9. The maximum atomic E-state index is 13.8. The minimum absolute atomic E-state index is 0.153. The average Bonchev–Trinajstić information content (AvgIpc) is 2.59. The van der Waals surface area contributed by atoms with Crippen molar-refractivity contribution in [2.45, 2.75) is 25.9 Å². The van der Waals surface area contributed by atoms with Crippen molar-refractivity contribution in [2.24, 2.45) is 0 Å². The summed E-state index contributed by atoms with van der Waals surface area (Å²) in [4.78, 5) is 16.4. The van der Waals surface area contributed by atoms with E-state index in [9.17, 15) is 9.18 Å². The van der Waals surface area contributed by atoms with Crippen LogP contribution in [0.25, 0.3) is 0 Å². The van der Waals surface area contributed by atoms with E-state index < -0.39 is 11.7 Å². The molecule has 1 saturated heterocycles. The molecule has 126 valence electrons. The number of aromatic nitrogens is 1. The highest BCUT2D eigenvalue weighted by atomic mass is 19.1. The minimum atomic E-state index is -0.456. The van der Waals surface area contributed by atoms with Crippen molar-refractivity contribution in [1.29, 1.82) is 0 Å². The van der Waals surface area contributed by atoms with E-state index in [2.05, 4.69) is 15.6 Å². The molecule has 24 heavy (non-hydrogen) atoms. The zero-order valence-electron chi connectivity index (χ0n) is 13.5. The largest absolute Gasteiger partial charge is 0.474 e. The molecule has 2 aromatic rings. The minimum Gasteiger partial charge on any atom is -0.474 e. The lowest BCUT2D eigenvalue weighted by Gasteiger charge is -2.23. The Bertz CT molecular complexity index is 713. The van der Waals surface area contributed by atoms with Crippen LogP contribution in [0.1, 0.15) is 28.8 Å². The number of aryl methyl sites for hydroxylation is 1. The third kappa shape index (κ3) is 4.08. The van der Waals surface area contributed by atoms with Gasteiger partial charge in [0.05, 0.1) is 11.3 Å². The van der Waals surface area contributed by atoms with E-state index in [1.54, 1.807) is 31.2 Å². The van der Waals surface area contributed by atoms with Gasteiger partial charge in [-0.3, -0.25) is 4.79 Å². The molecule has 3 rings (SSSR count). The summed E-state index contributed by atoms with van der Waals surface area (Å²) in [5, 5.41) is 5.82. The third-order valence-electron chi connectivity index (χ3n) is 3.94. The number of rotatable bonds is 4. The van der Waals surface area contributed by atoms with Crippen molar-refractivity contribution < 1.29 is 13.9 Å². The standard InChI is InChI=1S/C18H20FN3O2/c1-12-2-4-16(15(19)10-12)22-18(23)13-3-5-17(21-11-13)24-14-6-8-20-9-7-14/h2-5,10-11,14,20H,6-9H2,1H3,(H,22,23). The van der Waals surface area contributed by atoms with Crippen molar-refractivity contribution in [3.8, 4) is 5.88 Å². The number of hydrogen-bond donors (Lipinski definition) is 2. The molecule has 1 amide bonds. The van der Waals surface area contributed by atoms with E-state index in [-0.39, 0.29) is 11.8 Å². The molecule has 0 atom stereocenters. The quantitative estimate of drug-likeness (QED) is 0.905. The molecular weight excluding hydrogens is 309 g/mol. The summed E-state index contributed by atoms with van der Waals surface area (Å²) in [5.41, 5.74) is 1.31. The van der Waals surface area contributed by atoms with Crippen LogP contribution >= 0.6 is 0 Å². The van der Waals surface area contributed by atoms with Crippen LogP contribution in [-0.4, -0.2) is 30.1 Å². The van der Waals surface area contributed by atoms with Gasteiger partial charge >= 0.3 is 0 Å². The molecule has 5 nitrogen and oxygen atoms in total. The van der Waals surface area contributed by atoms with Gasteiger partial charge in [-0.1, -0.05) is 6.07 Å². The van der Waals surface area contributed by atoms with Crippen molar-refractivity contribution in [1.82, 2.24) is 10.3 Å². The molecule has 1 aromatic heterocycles. The molecule has 2 N–H and O–H groups in total. The predicted octanol–water partition coefficient (Wildman–Crippen LogP) is 2.91. The first-order chi connectivity index (χ1) is 11.6. The number of halogens is 1. The summed E-state index contributed by atoms with van der Waals surface area (Å²) in [7, 11) is 0. The van der Waals surface area contributed by atoms with Crippen LogP contribution in [0, 0.1) is 12.7 Å². The smallest absolute Gasteiger partial charge is 0.257 e. The predicted molar refractivity (Wildman–Crippen MR) is 89.8 cm³/mol. The number of nitrogens with one attached hydrogen (secondary N) is 2. The highest BCUT2D eigenvalue weighted by molar-refractivity contribution is 6.04. The lowest BCUT2D eigenvalue weighted by Crippen LogP contribution is -2.34. The molecule has 0 unspecified atom stereocenters. The Morgan fingerprint density at radius 1 is 1.29 bits per heavy atom. The Morgan fingerprint density at radius 2 is 2.08 bits per heavy atom. The van der Waals surface area contributed by atoms with Crippen LogP contribution < -0.4 is 15.4 Å². The van der Waals surface area contributed by atoms with Crippen LogP contribution in [0.2, 0.25) is 0 Å². The summed E-state index contributed by atoms with van der Waals surface area (Å²) in [6.45, 7) is 3.67. The Morgan fingerprint density at radius 3 is 2.75 bits per heavy atom. The second-order valence-corrected chi connectivity index (χ2v) is 5.89. The van der Waals surface area contributed by atoms with E-state index >= 15 is 0 Å². The number of anilines is 1. The highest BCUT2D eigenvalue weighted by Crippen LogP contribution is 2.18. The number of pyridine rings is 1. The van der Waals surface area contributed by atoms with Gasteiger partial charge in [0.15, 0.2) is 0 Å². The molecule has 1 aromatic carbocycles. The number of ether oxygens (including phenoxy) is 1. The normalized spacial score (nSPS) is 15.1. The average molecular weight is 329 g/mol. The van der Waals surface area contributed by atoms with Crippen molar-refractivity contribution in [3.05, 3.63) is 53.5 Å². The number of nitrogens with zero attached hydrogens (tertiary/aromatic N) is 1. The van der Waals surface area contributed by atoms with Gasteiger partial charge in [-0.25, -0.2) is 9.37 Å².